The van der Waals surface area contributed by atoms with Gasteiger partial charge in [-0.2, -0.15) is 5.26 Å². The van der Waals surface area contributed by atoms with Gasteiger partial charge in [0.25, 0.3) is 0 Å². The molecule has 2 aromatic carbocycles. The molecule has 140 valence electrons. The average Bonchev–Trinajstić information content (AvgIpc) is 2.70. The number of hydrogen-bond acceptors (Lipinski definition) is 4. The molecular formula is C21H21ClN2O3. The average molecular weight is 385 g/mol. The monoisotopic (exact) mass is 384 g/mol. The molecule has 2 rings (SSSR count). The molecule has 0 bridgehead atoms. The molecule has 0 radical (unpaired) electrons. The van der Waals surface area contributed by atoms with E-state index in [4.69, 9.17) is 26.3 Å². The number of rotatable bonds is 7. The van der Waals surface area contributed by atoms with Gasteiger partial charge in [-0.25, -0.2) is 0 Å². The summed E-state index contributed by atoms with van der Waals surface area (Å²) in [4.78, 5) is 14.1. The number of hydrogen-bond donors (Lipinski definition) is 0. The number of carbonyl (C=O) groups is 1. The van der Waals surface area contributed by atoms with Crippen LogP contribution in [-0.4, -0.2) is 31.6 Å². The van der Waals surface area contributed by atoms with Crippen molar-refractivity contribution in [2.45, 2.75) is 13.0 Å². The third-order valence-corrected chi connectivity index (χ3v) is 4.43. The first kappa shape index (κ1) is 20.3. The molecule has 0 heterocycles. The number of benzene rings is 2. The number of methoxy groups -OCH3 is 1. The van der Waals surface area contributed by atoms with E-state index < -0.39 is 0 Å². The molecule has 0 aliphatic heterocycles. The molecule has 5 nitrogen and oxygen atoms in total. The molecule has 1 unspecified atom stereocenters. The summed E-state index contributed by atoms with van der Waals surface area (Å²) >= 11 is 5.91. The second-order valence-electron chi connectivity index (χ2n) is 5.87. The van der Waals surface area contributed by atoms with E-state index >= 15 is 0 Å². The van der Waals surface area contributed by atoms with Crippen molar-refractivity contribution < 1.29 is 14.3 Å². The maximum Gasteiger partial charge on any atom is 0.246 e. The van der Waals surface area contributed by atoms with E-state index in [9.17, 15) is 4.79 Å². The first-order valence-corrected chi connectivity index (χ1v) is 8.72. The second-order valence-corrected chi connectivity index (χ2v) is 6.30. The highest BCUT2D eigenvalue weighted by Crippen LogP contribution is 2.28. The lowest BCUT2D eigenvalue weighted by atomic mass is 10.1. The minimum Gasteiger partial charge on any atom is -0.493 e. The van der Waals surface area contributed by atoms with E-state index in [1.807, 2.05) is 37.3 Å². The zero-order chi connectivity index (χ0) is 19.8. The lowest BCUT2D eigenvalue weighted by molar-refractivity contribution is -0.126. The lowest BCUT2D eigenvalue weighted by Crippen LogP contribution is -2.27. The summed E-state index contributed by atoms with van der Waals surface area (Å²) in [6.07, 6.45) is 3.22. The second kappa shape index (κ2) is 9.65. The molecule has 0 aliphatic carbocycles. The number of nitriles is 1. The minimum absolute atomic E-state index is 0.0581. The van der Waals surface area contributed by atoms with Gasteiger partial charge in [-0.1, -0.05) is 29.8 Å². The lowest BCUT2D eigenvalue weighted by Gasteiger charge is -2.24. The van der Waals surface area contributed by atoms with Crippen LogP contribution in [0.2, 0.25) is 5.02 Å². The molecule has 0 saturated heterocycles. The molecule has 27 heavy (non-hydrogen) atoms. The number of ether oxygens (including phenoxy) is 2. The van der Waals surface area contributed by atoms with Crippen LogP contribution in [0.25, 0.3) is 6.08 Å². The summed E-state index contributed by atoms with van der Waals surface area (Å²) in [5.74, 6) is 0.861. The Balaban J connectivity index is 2.08. The van der Waals surface area contributed by atoms with E-state index in [0.29, 0.717) is 16.5 Å². The van der Waals surface area contributed by atoms with Gasteiger partial charge in [-0.05, 0) is 48.4 Å². The van der Waals surface area contributed by atoms with Crippen molar-refractivity contribution >= 4 is 23.6 Å². The highest BCUT2D eigenvalue weighted by molar-refractivity contribution is 6.30. The van der Waals surface area contributed by atoms with E-state index in [1.165, 1.54) is 13.2 Å². The molecule has 0 fully saturated rings. The van der Waals surface area contributed by atoms with Crippen molar-refractivity contribution in [1.29, 1.82) is 5.26 Å². The number of halogens is 1. The Bertz CT molecular complexity index is 857. The van der Waals surface area contributed by atoms with Crippen LogP contribution in [0.15, 0.2) is 48.5 Å². The van der Waals surface area contributed by atoms with Crippen molar-refractivity contribution in [1.82, 2.24) is 4.90 Å². The first-order chi connectivity index (χ1) is 13.0. The van der Waals surface area contributed by atoms with Crippen LogP contribution in [0.1, 0.15) is 24.1 Å². The molecule has 0 N–H and O–H groups in total. The Morgan fingerprint density at radius 3 is 2.59 bits per heavy atom. The maximum absolute atomic E-state index is 12.5. The summed E-state index contributed by atoms with van der Waals surface area (Å²) in [5, 5.41) is 9.27. The predicted molar refractivity (Wildman–Crippen MR) is 106 cm³/mol. The fraction of sp³-hybridized carbons (Fsp3) is 0.238. The van der Waals surface area contributed by atoms with Gasteiger partial charge >= 0.3 is 0 Å². The third-order valence-electron chi connectivity index (χ3n) is 4.18. The molecular weight excluding hydrogens is 364 g/mol. The van der Waals surface area contributed by atoms with Crippen LogP contribution >= 0.6 is 11.6 Å². The quantitative estimate of drug-likeness (QED) is 0.660. The van der Waals surface area contributed by atoms with Crippen LogP contribution in [0.3, 0.4) is 0 Å². The third kappa shape index (κ3) is 5.50. The zero-order valence-electron chi connectivity index (χ0n) is 15.5. The van der Waals surface area contributed by atoms with Gasteiger partial charge in [0.05, 0.1) is 13.2 Å². The highest BCUT2D eigenvalue weighted by Gasteiger charge is 2.15. The standard InChI is InChI=1S/C21H21ClN2O3/c1-15(17-6-8-18(22)9-7-17)24(2)21(25)11-5-16-4-10-19(27-13-12-23)20(14-16)26-3/h4-11,14-15H,13H2,1-3H3/b11-5+. The van der Waals surface area contributed by atoms with Gasteiger partial charge in [0, 0.05) is 18.1 Å². The van der Waals surface area contributed by atoms with E-state index in [-0.39, 0.29) is 18.6 Å². The molecule has 0 saturated carbocycles. The Hall–Kier alpha value is -2.97. The molecule has 1 amide bonds. The summed E-state index contributed by atoms with van der Waals surface area (Å²) in [6, 6.07) is 14.5. The SMILES string of the molecule is COc1cc(/C=C/C(=O)N(C)C(C)c2ccc(Cl)cc2)ccc1OCC#N. The van der Waals surface area contributed by atoms with Crippen molar-refractivity contribution in [2.75, 3.05) is 20.8 Å². The highest BCUT2D eigenvalue weighted by atomic mass is 35.5. The molecule has 0 aromatic heterocycles. The van der Waals surface area contributed by atoms with Crippen LogP contribution < -0.4 is 9.47 Å². The fourth-order valence-electron chi connectivity index (χ4n) is 2.46. The van der Waals surface area contributed by atoms with E-state index in [2.05, 4.69) is 0 Å². The Morgan fingerprint density at radius 2 is 1.96 bits per heavy atom. The van der Waals surface area contributed by atoms with Gasteiger partial charge in [-0.15, -0.1) is 0 Å². The predicted octanol–water partition coefficient (Wildman–Crippen LogP) is 4.48. The smallest absolute Gasteiger partial charge is 0.246 e. The van der Waals surface area contributed by atoms with Crippen LogP contribution in [0.5, 0.6) is 11.5 Å². The Labute approximate surface area is 164 Å². The maximum atomic E-state index is 12.5. The molecule has 0 aliphatic rings. The van der Waals surface area contributed by atoms with Gasteiger partial charge < -0.3 is 14.4 Å². The first-order valence-electron chi connectivity index (χ1n) is 8.34. The van der Waals surface area contributed by atoms with Crippen molar-refractivity contribution in [3.8, 4) is 17.6 Å². The fourth-order valence-corrected chi connectivity index (χ4v) is 2.58. The minimum atomic E-state index is -0.124. The largest absolute Gasteiger partial charge is 0.493 e. The summed E-state index contributed by atoms with van der Waals surface area (Å²) in [5.41, 5.74) is 1.79. The number of nitrogens with zero attached hydrogens (tertiary/aromatic N) is 2. The summed E-state index contributed by atoms with van der Waals surface area (Å²) in [7, 11) is 3.28. The molecule has 1 atom stereocenters. The van der Waals surface area contributed by atoms with E-state index in [0.717, 1.165) is 11.1 Å². The van der Waals surface area contributed by atoms with Gasteiger partial charge in [0.2, 0.25) is 5.91 Å². The van der Waals surface area contributed by atoms with Crippen molar-refractivity contribution in [2.24, 2.45) is 0 Å². The zero-order valence-corrected chi connectivity index (χ0v) is 16.2. The Kier molecular flexibility index (Phi) is 7.27. The molecule has 0 spiro atoms. The van der Waals surface area contributed by atoms with Crippen LogP contribution in [0.4, 0.5) is 0 Å². The molecule has 6 heteroatoms. The Morgan fingerprint density at radius 1 is 1.26 bits per heavy atom. The van der Waals surface area contributed by atoms with Crippen LogP contribution in [0, 0.1) is 11.3 Å². The number of carbonyl (C=O) groups excluding carboxylic acids is 1. The number of amides is 1. The van der Waals surface area contributed by atoms with Crippen molar-refractivity contribution in [3.63, 3.8) is 0 Å². The number of likely N-dealkylation sites (N-methyl/N-ethyl adjacent to an activating group) is 1. The van der Waals surface area contributed by atoms with E-state index in [1.54, 1.807) is 36.2 Å². The van der Waals surface area contributed by atoms with Gasteiger partial charge in [0.1, 0.15) is 6.07 Å². The normalized spacial score (nSPS) is 11.7. The molecule has 2 aromatic rings. The van der Waals surface area contributed by atoms with Crippen LogP contribution in [-0.2, 0) is 4.79 Å². The topological polar surface area (TPSA) is 62.6 Å². The van der Waals surface area contributed by atoms with Gasteiger partial charge in [0.15, 0.2) is 18.1 Å². The summed E-state index contributed by atoms with van der Waals surface area (Å²) < 4.78 is 10.6. The van der Waals surface area contributed by atoms with Crippen molar-refractivity contribution in [3.05, 3.63) is 64.7 Å². The van der Waals surface area contributed by atoms with Gasteiger partial charge in [-0.3, -0.25) is 4.79 Å². The summed E-state index contributed by atoms with van der Waals surface area (Å²) in [6.45, 7) is 1.90.